The van der Waals surface area contributed by atoms with E-state index < -0.39 is 23.0 Å². The molecular formula is C75H68F5N15O3. The van der Waals surface area contributed by atoms with Crippen LogP contribution < -0.4 is 14.2 Å². The molecule has 0 radical (unpaired) electrons. The summed E-state index contributed by atoms with van der Waals surface area (Å²) in [6, 6.07) is 35.1. The lowest BCUT2D eigenvalue weighted by atomic mass is 9.88. The van der Waals surface area contributed by atoms with Gasteiger partial charge in [-0.2, -0.15) is 15.3 Å². The summed E-state index contributed by atoms with van der Waals surface area (Å²) in [5, 5.41) is 13.6. The molecule has 3 aliphatic heterocycles. The monoisotopic (exact) mass is 1320 g/mol. The zero-order chi connectivity index (χ0) is 68.1. The van der Waals surface area contributed by atoms with Crippen LogP contribution in [0.1, 0.15) is 118 Å². The summed E-state index contributed by atoms with van der Waals surface area (Å²) >= 11 is 0. The number of halogens is 5. The molecule has 6 aromatic carbocycles. The number of hydrogen-bond donors (Lipinski definition) is 0. The highest BCUT2D eigenvalue weighted by molar-refractivity contribution is 5.78. The molecule has 0 amide bonds. The Morgan fingerprint density at radius 2 is 0.796 bits per heavy atom. The lowest BCUT2D eigenvalue weighted by Crippen LogP contribution is -2.31. The molecule has 0 aliphatic carbocycles. The summed E-state index contributed by atoms with van der Waals surface area (Å²) in [6.07, 6.45) is 27.0. The standard InChI is InChI=1S/2C25H23F2N5O.C25H22FN5O/c2*1-17-15-31(16-28-17)21-10-4-18(14-22(21)33-2)5-11-23-29-24-25(27,12-3-13-32(24)30-23)19-6-8-20(26)9-7-19;1-17-15-30(16-27-17)22-11-5-18(14-23(22)32-2)6-12-24-28-25-21(4-3-13-31(25)29-24)19-7-9-20(26)10-8-19/h2*4-11,14-16H,3,12-13H2,1-2H3;4-12,14-16H,3,13H2,1-2H3/b2*11-5+;12-6+/t2*25-;/m10./s1. The lowest BCUT2D eigenvalue weighted by molar-refractivity contribution is 0.152. The van der Waals surface area contributed by atoms with E-state index in [2.05, 4.69) is 46.3 Å². The maximum absolute atomic E-state index is 16.0. The SMILES string of the molecule is COc1cc(/C=C/c2nc3n(n2)CCC=C3c2ccc(F)cc2)ccc1-n1cnc(C)c1.COc1cc(/C=C/c2nc3n(n2)CCC[C@@]3(F)c2ccc(F)cc2)ccc1-n1cnc(C)c1.COc1cc(/C=C/c2nc3n(n2)CCC[C@]3(F)c2ccc(F)cc2)ccc1-n1cnc(C)c1. The van der Waals surface area contributed by atoms with Gasteiger partial charge in [-0.15, -0.1) is 0 Å². The number of allylic oxidation sites excluding steroid dienone is 1. The highest BCUT2D eigenvalue weighted by atomic mass is 19.2. The molecule has 18 nitrogen and oxygen atoms in total. The molecule has 0 bridgehead atoms. The summed E-state index contributed by atoms with van der Waals surface area (Å²) < 4.78 is 99.6. The van der Waals surface area contributed by atoms with Crippen LogP contribution >= 0.6 is 0 Å². The van der Waals surface area contributed by atoms with Crippen molar-refractivity contribution in [1.29, 1.82) is 0 Å². The number of nitrogens with zero attached hydrogens (tertiary/aromatic N) is 15. The average Bonchev–Trinajstić information content (AvgIpc) is 1.50. The van der Waals surface area contributed by atoms with Crippen LogP contribution in [0.3, 0.4) is 0 Å². The van der Waals surface area contributed by atoms with Crippen LogP contribution in [0.4, 0.5) is 22.0 Å². The van der Waals surface area contributed by atoms with Crippen LogP contribution in [-0.4, -0.2) is 94.3 Å². The van der Waals surface area contributed by atoms with Gasteiger partial charge in [-0.25, -0.2) is 65.9 Å². The minimum Gasteiger partial charge on any atom is -0.495 e. The smallest absolute Gasteiger partial charge is 0.194 e. The molecule has 15 rings (SSSR count). The molecule has 6 aromatic heterocycles. The topological polar surface area (TPSA) is 173 Å². The van der Waals surface area contributed by atoms with Gasteiger partial charge >= 0.3 is 0 Å². The maximum atomic E-state index is 16.0. The van der Waals surface area contributed by atoms with E-state index in [1.165, 1.54) is 60.7 Å². The Morgan fingerprint density at radius 1 is 0.429 bits per heavy atom. The average molecular weight is 1320 g/mol. The van der Waals surface area contributed by atoms with Crippen LogP contribution in [0.25, 0.3) is 59.1 Å². The second kappa shape index (κ2) is 28.0. The first-order valence-corrected chi connectivity index (χ1v) is 31.9. The van der Waals surface area contributed by atoms with Gasteiger partial charge in [0.2, 0.25) is 0 Å². The lowest BCUT2D eigenvalue weighted by Gasteiger charge is -2.29. The Bertz CT molecular complexity index is 4760. The quantitative estimate of drug-likeness (QED) is 0.0890. The first-order valence-electron chi connectivity index (χ1n) is 31.9. The number of methoxy groups -OCH3 is 3. The van der Waals surface area contributed by atoms with Crippen LogP contribution in [0, 0.1) is 38.2 Å². The number of fused-ring (bicyclic) bond motifs is 3. The highest BCUT2D eigenvalue weighted by Gasteiger charge is 2.43. The van der Waals surface area contributed by atoms with Crippen molar-refractivity contribution in [2.45, 2.75) is 83.8 Å². The molecule has 2 atom stereocenters. The van der Waals surface area contributed by atoms with Crippen molar-refractivity contribution in [3.8, 4) is 34.3 Å². The fraction of sp³-hybridized carbons (Fsp3) is 0.213. The van der Waals surface area contributed by atoms with Gasteiger partial charge < -0.3 is 27.9 Å². The van der Waals surface area contributed by atoms with Gasteiger partial charge in [-0.3, -0.25) is 0 Å². The summed E-state index contributed by atoms with van der Waals surface area (Å²) in [6.45, 7) is 7.77. The van der Waals surface area contributed by atoms with Crippen molar-refractivity contribution in [2.24, 2.45) is 0 Å². The van der Waals surface area contributed by atoms with Gasteiger partial charge in [-0.1, -0.05) is 78.9 Å². The number of rotatable bonds is 15. The molecule has 496 valence electrons. The fourth-order valence-corrected chi connectivity index (χ4v) is 12.2. The zero-order valence-corrected chi connectivity index (χ0v) is 54.6. The first kappa shape index (κ1) is 65.1. The third kappa shape index (κ3) is 13.9. The third-order valence-corrected chi connectivity index (χ3v) is 17.1. The number of hydrogen-bond acceptors (Lipinski definition) is 12. The van der Waals surface area contributed by atoms with Gasteiger partial charge in [0.15, 0.2) is 46.3 Å². The second-order valence-electron chi connectivity index (χ2n) is 23.8. The fourth-order valence-electron chi connectivity index (χ4n) is 12.2. The number of aromatic nitrogens is 15. The number of aryl methyl sites for hydroxylation is 6. The van der Waals surface area contributed by atoms with E-state index in [1.54, 1.807) is 74.0 Å². The summed E-state index contributed by atoms with van der Waals surface area (Å²) in [7, 11) is 4.90. The van der Waals surface area contributed by atoms with Crippen LogP contribution in [-0.2, 0) is 31.0 Å². The van der Waals surface area contributed by atoms with E-state index in [0.717, 1.165) is 86.5 Å². The number of alkyl halides is 2. The molecule has 0 fully saturated rings. The van der Waals surface area contributed by atoms with E-state index in [4.69, 9.17) is 19.2 Å². The first-order chi connectivity index (χ1) is 47.5. The molecule has 12 aromatic rings. The molecule has 9 heterocycles. The molecule has 0 N–H and O–H groups in total. The van der Waals surface area contributed by atoms with Crippen LogP contribution in [0.15, 0.2) is 171 Å². The van der Waals surface area contributed by atoms with Crippen molar-refractivity contribution in [3.63, 3.8) is 0 Å². The van der Waals surface area contributed by atoms with E-state index >= 15 is 8.78 Å². The van der Waals surface area contributed by atoms with Gasteiger partial charge in [-0.05, 0) is 177 Å². The molecule has 0 unspecified atom stereocenters. The Morgan fingerprint density at radius 3 is 1.16 bits per heavy atom. The second-order valence-corrected chi connectivity index (χ2v) is 23.8. The number of imidazole rings is 3. The predicted octanol–water partition coefficient (Wildman–Crippen LogP) is 15.1. The molecule has 0 saturated heterocycles. The predicted molar refractivity (Wildman–Crippen MR) is 365 cm³/mol. The normalized spacial score (nSPS) is 16.4. The van der Waals surface area contributed by atoms with E-state index in [9.17, 15) is 13.2 Å². The maximum Gasteiger partial charge on any atom is 0.194 e. The largest absolute Gasteiger partial charge is 0.495 e. The molecule has 0 spiro atoms. The third-order valence-electron chi connectivity index (χ3n) is 17.1. The number of ether oxygens (including phenoxy) is 3. The Balaban J connectivity index is 0.000000132. The van der Waals surface area contributed by atoms with Gasteiger partial charge in [0.05, 0.1) is 74.5 Å². The van der Waals surface area contributed by atoms with Crippen molar-refractivity contribution in [1.82, 2.24) is 72.9 Å². The zero-order valence-electron chi connectivity index (χ0n) is 54.6. The van der Waals surface area contributed by atoms with Gasteiger partial charge in [0.25, 0.3) is 0 Å². The Hall–Kier alpha value is -11.6. The summed E-state index contributed by atoms with van der Waals surface area (Å²) in [5.41, 5.74) is 7.34. The molecule has 0 saturated carbocycles. The van der Waals surface area contributed by atoms with Crippen molar-refractivity contribution >= 4 is 42.0 Å². The van der Waals surface area contributed by atoms with Crippen molar-refractivity contribution < 1.29 is 36.2 Å². The van der Waals surface area contributed by atoms with Crippen molar-refractivity contribution in [3.05, 3.63) is 274 Å². The molecule has 23 heteroatoms. The van der Waals surface area contributed by atoms with E-state index in [-0.39, 0.29) is 30.3 Å². The minimum atomic E-state index is -1.79. The molecule has 98 heavy (non-hydrogen) atoms. The molecular weight excluding hydrogens is 1250 g/mol. The van der Waals surface area contributed by atoms with Crippen molar-refractivity contribution in [2.75, 3.05) is 21.3 Å². The highest BCUT2D eigenvalue weighted by Crippen LogP contribution is 2.42. The summed E-state index contributed by atoms with van der Waals surface area (Å²) in [4.78, 5) is 26.5. The molecule has 3 aliphatic rings. The van der Waals surface area contributed by atoms with Gasteiger partial charge in [0.1, 0.15) is 34.7 Å². The van der Waals surface area contributed by atoms with Crippen LogP contribution in [0.2, 0.25) is 0 Å². The van der Waals surface area contributed by atoms with Gasteiger partial charge in [0, 0.05) is 43.8 Å². The van der Waals surface area contributed by atoms with Crippen LogP contribution in [0.5, 0.6) is 17.2 Å². The minimum absolute atomic E-state index is 0.250. The van der Waals surface area contributed by atoms with E-state index in [1.807, 2.05) is 137 Å². The number of benzene rings is 6. The Kier molecular flexibility index (Phi) is 18.6. The summed E-state index contributed by atoms with van der Waals surface area (Å²) in [5.74, 6) is 3.88. The van der Waals surface area contributed by atoms with E-state index in [0.29, 0.717) is 66.0 Å². The Labute approximate surface area is 562 Å².